The lowest BCUT2D eigenvalue weighted by Gasteiger charge is -2.28. The second kappa shape index (κ2) is 4.19. The van der Waals surface area contributed by atoms with Crippen LogP contribution in [0.2, 0.25) is 0 Å². The molecule has 1 atom stereocenters. The summed E-state index contributed by atoms with van der Waals surface area (Å²) in [4.78, 5) is 0. The van der Waals surface area contributed by atoms with Crippen LogP contribution in [0.3, 0.4) is 0 Å². The maximum atomic E-state index is 6.24. The van der Waals surface area contributed by atoms with E-state index in [1.165, 1.54) is 14.7 Å². The van der Waals surface area contributed by atoms with Crippen LogP contribution >= 0.6 is 22.6 Å². The van der Waals surface area contributed by atoms with Gasteiger partial charge in [-0.1, -0.05) is 26.8 Å². The van der Waals surface area contributed by atoms with Crippen LogP contribution in [0.15, 0.2) is 18.2 Å². The lowest BCUT2D eigenvalue weighted by Crippen LogP contribution is -2.27. The van der Waals surface area contributed by atoms with Crippen molar-refractivity contribution in [2.75, 3.05) is 0 Å². The smallest absolute Gasteiger partial charge is 0.0347 e. The average molecular weight is 303 g/mol. The maximum Gasteiger partial charge on any atom is 0.0347 e. The molecule has 0 saturated carbocycles. The first-order valence-electron chi connectivity index (χ1n) is 4.84. The number of nitrogens with two attached hydrogens (primary N) is 1. The maximum absolute atomic E-state index is 6.24. The fourth-order valence-corrected chi connectivity index (χ4v) is 1.93. The Hall–Kier alpha value is -0.0900. The van der Waals surface area contributed by atoms with E-state index in [4.69, 9.17) is 5.73 Å². The van der Waals surface area contributed by atoms with Crippen molar-refractivity contribution in [3.63, 3.8) is 0 Å². The molecule has 0 aliphatic carbocycles. The summed E-state index contributed by atoms with van der Waals surface area (Å²) >= 11 is 2.33. The molecular formula is C12H18IN. The van der Waals surface area contributed by atoms with E-state index in [1.807, 2.05) is 0 Å². The van der Waals surface area contributed by atoms with Gasteiger partial charge in [0.15, 0.2) is 0 Å². The van der Waals surface area contributed by atoms with Crippen molar-refractivity contribution in [1.82, 2.24) is 0 Å². The molecule has 0 aromatic heterocycles. The summed E-state index contributed by atoms with van der Waals surface area (Å²) in [5, 5.41) is 0. The summed E-state index contributed by atoms with van der Waals surface area (Å²) in [6.07, 6.45) is 0. The molecule has 0 saturated heterocycles. The minimum absolute atomic E-state index is 0.109. The molecule has 1 rings (SSSR count). The molecule has 14 heavy (non-hydrogen) atoms. The molecule has 0 aliphatic rings. The number of hydrogen-bond donors (Lipinski definition) is 1. The summed E-state index contributed by atoms with van der Waals surface area (Å²) in [5.74, 6) is 0. The Morgan fingerprint density at radius 3 is 2.36 bits per heavy atom. The van der Waals surface area contributed by atoms with Crippen LogP contribution in [0, 0.1) is 15.9 Å². The van der Waals surface area contributed by atoms with Crippen LogP contribution in [0.5, 0.6) is 0 Å². The van der Waals surface area contributed by atoms with Crippen molar-refractivity contribution in [2.24, 2.45) is 11.1 Å². The van der Waals surface area contributed by atoms with E-state index in [1.54, 1.807) is 0 Å². The normalized spacial score (nSPS) is 14.1. The molecule has 2 heteroatoms. The zero-order valence-corrected chi connectivity index (χ0v) is 11.4. The molecule has 1 aromatic carbocycles. The molecule has 0 spiro atoms. The minimum atomic E-state index is 0.109. The number of aryl methyl sites for hydroxylation is 1. The first-order chi connectivity index (χ1) is 6.32. The van der Waals surface area contributed by atoms with Crippen molar-refractivity contribution in [2.45, 2.75) is 33.7 Å². The van der Waals surface area contributed by atoms with Gasteiger partial charge in [-0.05, 0) is 58.2 Å². The Labute approximate surface area is 100 Å². The quantitative estimate of drug-likeness (QED) is 0.788. The van der Waals surface area contributed by atoms with Gasteiger partial charge in [0, 0.05) is 9.61 Å². The molecule has 0 bridgehead atoms. The Bertz CT molecular complexity index is 326. The topological polar surface area (TPSA) is 26.0 Å². The molecule has 1 nitrogen and oxygen atoms in total. The number of hydrogen-bond acceptors (Lipinski definition) is 1. The van der Waals surface area contributed by atoms with Crippen molar-refractivity contribution in [3.8, 4) is 0 Å². The van der Waals surface area contributed by atoms with Crippen LogP contribution in [-0.2, 0) is 0 Å². The van der Waals surface area contributed by atoms with Gasteiger partial charge in [0.05, 0.1) is 0 Å². The third-order valence-corrected chi connectivity index (χ3v) is 3.18. The van der Waals surface area contributed by atoms with Crippen molar-refractivity contribution in [3.05, 3.63) is 32.9 Å². The molecule has 2 N–H and O–H groups in total. The van der Waals surface area contributed by atoms with Crippen LogP contribution in [0.4, 0.5) is 0 Å². The average Bonchev–Trinajstić information content (AvgIpc) is 2.06. The van der Waals surface area contributed by atoms with Crippen molar-refractivity contribution < 1.29 is 0 Å². The Kier molecular flexibility index (Phi) is 3.58. The highest BCUT2D eigenvalue weighted by Gasteiger charge is 2.23. The van der Waals surface area contributed by atoms with Gasteiger partial charge in [0.25, 0.3) is 0 Å². The number of benzene rings is 1. The lowest BCUT2D eigenvalue weighted by atomic mass is 9.81. The molecule has 78 valence electrons. The van der Waals surface area contributed by atoms with Gasteiger partial charge in [-0.25, -0.2) is 0 Å². The first-order valence-corrected chi connectivity index (χ1v) is 5.92. The largest absolute Gasteiger partial charge is 0.324 e. The summed E-state index contributed by atoms with van der Waals surface area (Å²) in [6, 6.07) is 6.56. The molecule has 0 fully saturated rings. The molecule has 0 amide bonds. The van der Waals surface area contributed by atoms with Gasteiger partial charge in [-0.15, -0.1) is 0 Å². The van der Waals surface area contributed by atoms with Gasteiger partial charge in [0.1, 0.15) is 0 Å². The zero-order chi connectivity index (χ0) is 10.9. The van der Waals surface area contributed by atoms with Crippen LogP contribution < -0.4 is 5.73 Å². The number of halogens is 1. The van der Waals surface area contributed by atoms with Gasteiger partial charge >= 0.3 is 0 Å². The van der Waals surface area contributed by atoms with Gasteiger partial charge < -0.3 is 5.73 Å². The van der Waals surface area contributed by atoms with Crippen molar-refractivity contribution in [1.29, 1.82) is 0 Å². The Balaban J connectivity index is 3.12. The molecule has 0 aliphatic heterocycles. The molecular weight excluding hydrogens is 285 g/mol. The zero-order valence-electron chi connectivity index (χ0n) is 9.26. The fraction of sp³-hybridized carbons (Fsp3) is 0.500. The predicted octanol–water partition coefficient (Wildman–Crippen LogP) is 3.65. The minimum Gasteiger partial charge on any atom is -0.324 e. The van der Waals surface area contributed by atoms with Crippen molar-refractivity contribution >= 4 is 22.6 Å². The number of rotatable bonds is 1. The monoisotopic (exact) mass is 303 g/mol. The molecule has 0 heterocycles. The summed E-state index contributed by atoms with van der Waals surface area (Å²) < 4.78 is 1.25. The van der Waals surface area contributed by atoms with E-state index in [0.717, 1.165) is 0 Å². The highest BCUT2D eigenvalue weighted by molar-refractivity contribution is 14.1. The van der Waals surface area contributed by atoms with Gasteiger partial charge in [-0.3, -0.25) is 0 Å². The van der Waals surface area contributed by atoms with Gasteiger partial charge in [-0.2, -0.15) is 0 Å². The summed E-state index contributed by atoms with van der Waals surface area (Å²) in [6.45, 7) is 8.65. The molecule has 0 unspecified atom stereocenters. The second-order valence-electron chi connectivity index (χ2n) is 4.84. The Morgan fingerprint density at radius 1 is 1.29 bits per heavy atom. The molecule has 1 aromatic rings. The van der Waals surface area contributed by atoms with E-state index in [2.05, 4.69) is 68.5 Å². The third-order valence-electron chi connectivity index (χ3n) is 2.51. The van der Waals surface area contributed by atoms with E-state index in [-0.39, 0.29) is 11.5 Å². The fourth-order valence-electron chi connectivity index (χ4n) is 1.41. The van der Waals surface area contributed by atoms with Crippen LogP contribution in [0.25, 0.3) is 0 Å². The van der Waals surface area contributed by atoms with E-state index < -0.39 is 0 Å². The summed E-state index contributed by atoms with van der Waals surface area (Å²) in [7, 11) is 0. The Morgan fingerprint density at radius 2 is 1.86 bits per heavy atom. The highest BCUT2D eigenvalue weighted by atomic mass is 127. The summed E-state index contributed by atoms with van der Waals surface area (Å²) in [5.41, 5.74) is 8.91. The third kappa shape index (κ3) is 2.70. The molecule has 0 radical (unpaired) electrons. The van der Waals surface area contributed by atoms with E-state index in [0.29, 0.717) is 0 Å². The SMILES string of the molecule is Cc1ccc(I)cc1[C@H](N)C(C)(C)C. The lowest BCUT2D eigenvalue weighted by molar-refractivity contribution is 0.326. The second-order valence-corrected chi connectivity index (χ2v) is 6.09. The van der Waals surface area contributed by atoms with Gasteiger partial charge in [0.2, 0.25) is 0 Å². The van der Waals surface area contributed by atoms with E-state index in [9.17, 15) is 0 Å². The van der Waals surface area contributed by atoms with Crippen LogP contribution in [0.1, 0.15) is 37.9 Å². The first kappa shape index (κ1) is 12.0. The predicted molar refractivity (Wildman–Crippen MR) is 70.3 cm³/mol. The van der Waals surface area contributed by atoms with E-state index >= 15 is 0 Å². The highest BCUT2D eigenvalue weighted by Crippen LogP contribution is 2.32. The standard InChI is InChI=1S/C12H18IN/c1-8-5-6-9(13)7-10(8)11(14)12(2,3)4/h5-7,11H,14H2,1-4H3/t11-/m0/s1. The van der Waals surface area contributed by atoms with Crippen LogP contribution in [-0.4, -0.2) is 0 Å².